The maximum absolute atomic E-state index is 11.8. The maximum Gasteiger partial charge on any atom is 0.229 e. The van der Waals surface area contributed by atoms with E-state index in [9.17, 15) is 4.79 Å². The van der Waals surface area contributed by atoms with Crippen molar-refractivity contribution in [1.29, 1.82) is 0 Å². The second kappa shape index (κ2) is 4.46. The van der Waals surface area contributed by atoms with Crippen LogP contribution in [0.1, 0.15) is 24.3 Å². The Hall–Kier alpha value is -1.68. The van der Waals surface area contributed by atoms with Gasteiger partial charge < -0.3 is 15.2 Å². The van der Waals surface area contributed by atoms with Crippen molar-refractivity contribution in [3.05, 3.63) is 46.9 Å². The van der Waals surface area contributed by atoms with Gasteiger partial charge in [-0.15, -0.1) is 0 Å². The zero-order valence-corrected chi connectivity index (χ0v) is 11.0. The number of rotatable bonds is 4. The maximum atomic E-state index is 11.8. The van der Waals surface area contributed by atoms with E-state index in [0.717, 1.165) is 18.4 Å². The van der Waals surface area contributed by atoms with E-state index in [4.69, 9.17) is 26.8 Å². The number of nitrogens with two attached hydrogens (primary N) is 1. The number of hydrogen-bond acceptors (Lipinski definition) is 3. The number of allylic oxidation sites excluding steroid dienone is 1. The lowest BCUT2D eigenvalue weighted by atomic mass is 9.81. The normalized spacial score (nSPS) is 21.0. The van der Waals surface area contributed by atoms with Gasteiger partial charge in [0, 0.05) is 5.02 Å². The molecule has 19 heavy (non-hydrogen) atoms. The van der Waals surface area contributed by atoms with Crippen LogP contribution in [-0.2, 0) is 14.3 Å². The summed E-state index contributed by atoms with van der Waals surface area (Å²) in [6.45, 7) is 0.172. The zero-order chi connectivity index (χ0) is 13.5. The minimum atomic E-state index is -0.593. The second-order valence-corrected chi connectivity index (χ2v) is 5.33. The molecule has 4 nitrogen and oxygen atoms in total. The summed E-state index contributed by atoms with van der Waals surface area (Å²) in [6, 6.07) is 7.45. The molecule has 1 aromatic rings. The number of carbonyl (C=O) groups is 1. The number of halogens is 1. The average Bonchev–Trinajstić information content (AvgIpc) is 3.01. The average molecular weight is 280 g/mol. The molecule has 0 spiro atoms. The van der Waals surface area contributed by atoms with Gasteiger partial charge in [0.2, 0.25) is 12.7 Å². The lowest BCUT2D eigenvalue weighted by molar-refractivity contribution is -0.124. The van der Waals surface area contributed by atoms with Crippen molar-refractivity contribution < 1.29 is 14.3 Å². The largest absolute Gasteiger partial charge is 0.462 e. The van der Waals surface area contributed by atoms with Crippen LogP contribution >= 0.6 is 11.6 Å². The Labute approximate surface area is 116 Å². The smallest absolute Gasteiger partial charge is 0.229 e. The highest BCUT2D eigenvalue weighted by Crippen LogP contribution is 2.59. The van der Waals surface area contributed by atoms with Gasteiger partial charge in [-0.2, -0.15) is 0 Å². The van der Waals surface area contributed by atoms with Crippen molar-refractivity contribution in [3.8, 4) is 0 Å². The van der Waals surface area contributed by atoms with E-state index in [1.165, 1.54) is 0 Å². The predicted molar refractivity (Wildman–Crippen MR) is 70.2 cm³/mol. The highest BCUT2D eigenvalue weighted by molar-refractivity contribution is 6.31. The molecule has 1 atom stereocenters. The first-order valence-corrected chi connectivity index (χ1v) is 6.52. The van der Waals surface area contributed by atoms with E-state index in [-0.39, 0.29) is 18.6 Å². The molecule has 0 saturated heterocycles. The first-order chi connectivity index (χ1) is 9.15. The third-order valence-corrected chi connectivity index (χ3v) is 4.17. The highest BCUT2D eigenvalue weighted by atomic mass is 35.5. The van der Waals surface area contributed by atoms with Gasteiger partial charge in [-0.05, 0) is 24.5 Å². The molecule has 2 aliphatic rings. The van der Waals surface area contributed by atoms with Crippen molar-refractivity contribution in [2.24, 2.45) is 11.1 Å². The molecule has 3 rings (SSSR count). The van der Waals surface area contributed by atoms with Crippen LogP contribution in [0.2, 0.25) is 5.02 Å². The van der Waals surface area contributed by atoms with Crippen LogP contribution in [0.15, 0.2) is 36.3 Å². The summed E-state index contributed by atoms with van der Waals surface area (Å²) in [6.07, 6.45) is 3.05. The van der Waals surface area contributed by atoms with Crippen molar-refractivity contribution in [2.45, 2.75) is 18.8 Å². The standard InChI is InChI=1S/C14H14ClNO3/c15-10-4-2-1-3-9(10)12(11-7-18-8-19-11)14(5-6-14)13(16)17/h1-4,7,12H,5-6,8H2,(H2,16,17). The fourth-order valence-electron chi connectivity index (χ4n) is 2.65. The molecule has 1 aromatic carbocycles. The van der Waals surface area contributed by atoms with E-state index in [0.29, 0.717) is 10.8 Å². The molecule has 1 heterocycles. The van der Waals surface area contributed by atoms with Gasteiger partial charge in [0.1, 0.15) is 12.0 Å². The van der Waals surface area contributed by atoms with E-state index < -0.39 is 5.41 Å². The summed E-state index contributed by atoms with van der Waals surface area (Å²) in [4.78, 5) is 11.8. The molecular weight excluding hydrogens is 266 g/mol. The summed E-state index contributed by atoms with van der Waals surface area (Å²) in [5.41, 5.74) is 5.85. The molecule has 0 aromatic heterocycles. The molecule has 1 amide bonds. The van der Waals surface area contributed by atoms with Crippen LogP contribution in [0.5, 0.6) is 0 Å². The number of benzene rings is 1. The van der Waals surface area contributed by atoms with E-state index >= 15 is 0 Å². The third-order valence-electron chi connectivity index (χ3n) is 3.83. The molecule has 1 saturated carbocycles. The minimum Gasteiger partial charge on any atom is -0.462 e. The molecule has 1 unspecified atom stereocenters. The SMILES string of the molecule is NC(=O)C1(C(C2=COCO2)c2ccccc2Cl)CC1. The van der Waals surface area contributed by atoms with Crippen LogP contribution in [0.3, 0.4) is 0 Å². The number of primary amides is 1. The molecule has 1 aliphatic carbocycles. The number of ether oxygens (including phenoxy) is 2. The first kappa shape index (κ1) is 12.4. The zero-order valence-electron chi connectivity index (χ0n) is 10.3. The molecule has 0 radical (unpaired) electrons. The number of hydrogen-bond donors (Lipinski definition) is 1. The molecule has 0 bridgehead atoms. The predicted octanol–water partition coefficient (Wildman–Crippen LogP) is 2.53. The Kier molecular flexibility index (Phi) is 2.90. The van der Waals surface area contributed by atoms with E-state index in [1.54, 1.807) is 12.3 Å². The summed E-state index contributed by atoms with van der Waals surface area (Å²) in [7, 11) is 0. The Morgan fingerprint density at radius 3 is 2.63 bits per heavy atom. The van der Waals surface area contributed by atoms with E-state index in [2.05, 4.69) is 0 Å². The van der Waals surface area contributed by atoms with Gasteiger partial charge in [0.15, 0.2) is 0 Å². The Bertz CT molecular complexity index is 551. The van der Waals surface area contributed by atoms with Crippen molar-refractivity contribution in [2.75, 3.05) is 6.79 Å². The summed E-state index contributed by atoms with van der Waals surface area (Å²) in [5, 5.41) is 0.608. The molecule has 5 heteroatoms. The van der Waals surface area contributed by atoms with Crippen LogP contribution in [-0.4, -0.2) is 12.7 Å². The lowest BCUT2D eigenvalue weighted by Gasteiger charge is -2.25. The number of amides is 1. The van der Waals surface area contributed by atoms with Crippen molar-refractivity contribution in [1.82, 2.24) is 0 Å². The van der Waals surface area contributed by atoms with Crippen molar-refractivity contribution >= 4 is 17.5 Å². The van der Waals surface area contributed by atoms with Gasteiger partial charge in [-0.25, -0.2) is 0 Å². The van der Waals surface area contributed by atoms with Gasteiger partial charge in [0.05, 0.1) is 11.3 Å². The molecular formula is C14H14ClNO3. The topological polar surface area (TPSA) is 61.6 Å². The molecule has 100 valence electrons. The van der Waals surface area contributed by atoms with Gasteiger partial charge in [-0.1, -0.05) is 29.8 Å². The Balaban J connectivity index is 2.08. The van der Waals surface area contributed by atoms with Crippen LogP contribution in [0.4, 0.5) is 0 Å². The lowest BCUT2D eigenvalue weighted by Crippen LogP contribution is -2.32. The first-order valence-electron chi connectivity index (χ1n) is 6.14. The van der Waals surface area contributed by atoms with Gasteiger partial charge in [-0.3, -0.25) is 4.79 Å². The third kappa shape index (κ3) is 1.96. The number of carbonyl (C=O) groups excluding carboxylic acids is 1. The van der Waals surface area contributed by atoms with Crippen LogP contribution in [0.25, 0.3) is 0 Å². The quantitative estimate of drug-likeness (QED) is 0.921. The fourth-order valence-corrected chi connectivity index (χ4v) is 2.89. The minimum absolute atomic E-state index is 0.172. The fraction of sp³-hybridized carbons (Fsp3) is 0.357. The summed E-state index contributed by atoms with van der Waals surface area (Å²) in [5.74, 6) is 0.0550. The second-order valence-electron chi connectivity index (χ2n) is 4.92. The van der Waals surface area contributed by atoms with Gasteiger partial charge >= 0.3 is 0 Å². The van der Waals surface area contributed by atoms with Crippen molar-refractivity contribution in [3.63, 3.8) is 0 Å². The molecule has 1 fully saturated rings. The van der Waals surface area contributed by atoms with Gasteiger partial charge in [0.25, 0.3) is 0 Å². The summed E-state index contributed by atoms with van der Waals surface area (Å²) >= 11 is 6.26. The Morgan fingerprint density at radius 2 is 2.11 bits per heavy atom. The molecule has 2 N–H and O–H groups in total. The van der Waals surface area contributed by atoms with Crippen LogP contribution in [0, 0.1) is 5.41 Å². The Morgan fingerprint density at radius 1 is 1.37 bits per heavy atom. The van der Waals surface area contributed by atoms with Crippen LogP contribution < -0.4 is 5.73 Å². The molecule has 1 aliphatic heterocycles. The highest BCUT2D eigenvalue weighted by Gasteiger charge is 2.57. The summed E-state index contributed by atoms with van der Waals surface area (Å²) < 4.78 is 10.6. The monoisotopic (exact) mass is 279 g/mol. The van der Waals surface area contributed by atoms with E-state index in [1.807, 2.05) is 18.2 Å².